The molecule has 0 fully saturated rings. The first-order valence-electron chi connectivity index (χ1n) is 3.55. The van der Waals surface area contributed by atoms with Crippen LogP contribution in [-0.4, -0.2) is 4.92 Å². The topological polar surface area (TPSA) is 43.1 Å². The van der Waals surface area contributed by atoms with E-state index in [2.05, 4.69) is 0 Å². The second-order valence-corrected chi connectivity index (χ2v) is 3.31. The van der Waals surface area contributed by atoms with Crippen molar-refractivity contribution in [3.05, 3.63) is 38.4 Å². The summed E-state index contributed by atoms with van der Waals surface area (Å²) in [6, 6.07) is 3.18. The molecule has 0 aliphatic rings. The predicted octanol–water partition coefficient (Wildman–Crippen LogP) is 3.30. The fourth-order valence-electron chi connectivity index (χ4n) is 1.12. The average Bonchev–Trinajstić information content (AvgIpc) is 2.02. The van der Waals surface area contributed by atoms with E-state index >= 15 is 0 Å². The molecule has 0 spiro atoms. The van der Waals surface area contributed by atoms with Crippen molar-refractivity contribution < 1.29 is 4.92 Å². The fraction of sp³-hybridized carbons (Fsp3) is 0.250. The molecular formula is C8H7Cl2NO2. The maximum Gasteiger partial charge on any atom is 0.290 e. The Kier molecular flexibility index (Phi) is 3.12. The minimum absolute atomic E-state index is 0.0458. The number of alkyl halides is 1. The normalized spacial score (nSPS) is 10.1. The van der Waals surface area contributed by atoms with Crippen molar-refractivity contribution in [3.8, 4) is 0 Å². The van der Waals surface area contributed by atoms with Gasteiger partial charge in [-0.25, -0.2) is 0 Å². The highest BCUT2D eigenvalue weighted by atomic mass is 35.5. The Morgan fingerprint density at radius 3 is 2.54 bits per heavy atom. The van der Waals surface area contributed by atoms with Gasteiger partial charge in [0.2, 0.25) is 0 Å². The first-order chi connectivity index (χ1) is 6.06. The van der Waals surface area contributed by atoms with E-state index in [0.29, 0.717) is 11.4 Å². The van der Waals surface area contributed by atoms with Crippen LogP contribution in [0, 0.1) is 17.0 Å². The van der Waals surface area contributed by atoms with Crippen LogP contribution in [0.25, 0.3) is 0 Å². The van der Waals surface area contributed by atoms with Crippen molar-refractivity contribution in [1.29, 1.82) is 0 Å². The third kappa shape index (κ3) is 2.11. The zero-order valence-electron chi connectivity index (χ0n) is 6.88. The standard InChI is InChI=1S/C8H7Cl2NO2/c1-5-2-6(4-9)3-7(10)8(5)11(12)13/h2-3H,4H2,1H3. The summed E-state index contributed by atoms with van der Waals surface area (Å²) >= 11 is 11.3. The monoisotopic (exact) mass is 219 g/mol. The number of nitro benzene ring substituents is 1. The van der Waals surface area contributed by atoms with Crippen LogP contribution in [0.3, 0.4) is 0 Å². The Hall–Kier alpha value is -0.800. The van der Waals surface area contributed by atoms with Gasteiger partial charge in [-0.05, 0) is 24.6 Å². The van der Waals surface area contributed by atoms with Crippen molar-refractivity contribution in [2.45, 2.75) is 12.8 Å². The van der Waals surface area contributed by atoms with Crippen LogP contribution >= 0.6 is 23.2 Å². The van der Waals surface area contributed by atoms with Gasteiger partial charge in [-0.2, -0.15) is 0 Å². The number of benzene rings is 1. The number of aryl methyl sites for hydroxylation is 1. The maximum atomic E-state index is 10.5. The molecule has 3 nitrogen and oxygen atoms in total. The first-order valence-corrected chi connectivity index (χ1v) is 4.47. The summed E-state index contributed by atoms with van der Waals surface area (Å²) in [5.74, 6) is 0.304. The lowest BCUT2D eigenvalue weighted by Crippen LogP contribution is -1.94. The molecule has 0 aliphatic carbocycles. The molecule has 13 heavy (non-hydrogen) atoms. The fourth-order valence-corrected chi connectivity index (χ4v) is 1.63. The minimum Gasteiger partial charge on any atom is -0.258 e. The number of nitro groups is 1. The van der Waals surface area contributed by atoms with Crippen LogP contribution in [0.4, 0.5) is 5.69 Å². The largest absolute Gasteiger partial charge is 0.290 e. The molecule has 1 rings (SSSR count). The van der Waals surface area contributed by atoms with Crippen LogP contribution in [0.2, 0.25) is 5.02 Å². The molecule has 0 aromatic heterocycles. The van der Waals surface area contributed by atoms with Gasteiger partial charge >= 0.3 is 0 Å². The van der Waals surface area contributed by atoms with Gasteiger partial charge < -0.3 is 0 Å². The lowest BCUT2D eigenvalue weighted by molar-refractivity contribution is -0.385. The SMILES string of the molecule is Cc1cc(CCl)cc(Cl)c1[N+](=O)[O-]. The van der Waals surface area contributed by atoms with Gasteiger partial charge in [0.15, 0.2) is 0 Å². The summed E-state index contributed by atoms with van der Waals surface area (Å²) in [7, 11) is 0. The molecule has 0 saturated heterocycles. The minimum atomic E-state index is -0.490. The van der Waals surface area contributed by atoms with Crippen LogP contribution in [0.15, 0.2) is 12.1 Å². The summed E-state index contributed by atoms with van der Waals surface area (Å²) in [6.45, 7) is 1.64. The van der Waals surface area contributed by atoms with Gasteiger partial charge in [0, 0.05) is 11.4 Å². The highest BCUT2D eigenvalue weighted by Crippen LogP contribution is 2.29. The number of nitrogens with zero attached hydrogens (tertiary/aromatic N) is 1. The van der Waals surface area contributed by atoms with Gasteiger partial charge in [0.05, 0.1) is 4.92 Å². The van der Waals surface area contributed by atoms with E-state index in [1.165, 1.54) is 6.07 Å². The van der Waals surface area contributed by atoms with Gasteiger partial charge in [-0.15, -0.1) is 11.6 Å². The summed E-state index contributed by atoms with van der Waals surface area (Å²) in [4.78, 5) is 10.0. The molecule has 0 unspecified atom stereocenters. The molecule has 70 valence electrons. The van der Waals surface area contributed by atoms with Gasteiger partial charge in [-0.1, -0.05) is 11.6 Å². The van der Waals surface area contributed by atoms with Crippen LogP contribution in [0.5, 0.6) is 0 Å². The highest BCUT2D eigenvalue weighted by Gasteiger charge is 2.16. The van der Waals surface area contributed by atoms with Gasteiger partial charge in [-0.3, -0.25) is 10.1 Å². The Bertz CT molecular complexity index is 329. The second-order valence-electron chi connectivity index (χ2n) is 2.63. The molecule has 5 heteroatoms. The van der Waals surface area contributed by atoms with E-state index in [-0.39, 0.29) is 10.7 Å². The van der Waals surface area contributed by atoms with Crippen LogP contribution in [0.1, 0.15) is 11.1 Å². The first kappa shape index (κ1) is 10.3. The molecule has 0 aliphatic heterocycles. The maximum absolute atomic E-state index is 10.5. The van der Waals surface area contributed by atoms with E-state index in [1.807, 2.05) is 0 Å². The van der Waals surface area contributed by atoms with E-state index < -0.39 is 4.92 Å². The molecule has 0 heterocycles. The molecule has 0 atom stereocenters. The number of halogens is 2. The highest BCUT2D eigenvalue weighted by molar-refractivity contribution is 6.33. The molecule has 0 saturated carbocycles. The van der Waals surface area contributed by atoms with Crippen molar-refractivity contribution >= 4 is 28.9 Å². The lowest BCUT2D eigenvalue weighted by Gasteiger charge is -2.01. The quantitative estimate of drug-likeness (QED) is 0.436. The van der Waals surface area contributed by atoms with E-state index in [1.54, 1.807) is 13.0 Å². The smallest absolute Gasteiger partial charge is 0.258 e. The molecule has 0 N–H and O–H groups in total. The van der Waals surface area contributed by atoms with Crippen molar-refractivity contribution in [2.75, 3.05) is 0 Å². The summed E-state index contributed by atoms with van der Waals surface area (Å²) in [5.41, 5.74) is 1.28. The summed E-state index contributed by atoms with van der Waals surface area (Å²) < 4.78 is 0. The van der Waals surface area contributed by atoms with E-state index in [0.717, 1.165) is 5.56 Å². The van der Waals surface area contributed by atoms with Gasteiger partial charge in [0.25, 0.3) is 5.69 Å². The van der Waals surface area contributed by atoms with Crippen molar-refractivity contribution in [2.24, 2.45) is 0 Å². The third-order valence-electron chi connectivity index (χ3n) is 1.65. The third-order valence-corrected chi connectivity index (χ3v) is 2.25. The number of hydrogen-bond acceptors (Lipinski definition) is 2. The van der Waals surface area contributed by atoms with Gasteiger partial charge in [0.1, 0.15) is 5.02 Å². The molecular weight excluding hydrogens is 213 g/mol. The Balaban J connectivity index is 3.31. The summed E-state index contributed by atoms with van der Waals surface area (Å²) in [6.07, 6.45) is 0. The molecule has 0 radical (unpaired) electrons. The zero-order chi connectivity index (χ0) is 10.0. The molecule has 1 aromatic carbocycles. The lowest BCUT2D eigenvalue weighted by atomic mass is 10.1. The number of hydrogen-bond donors (Lipinski definition) is 0. The summed E-state index contributed by atoms with van der Waals surface area (Å²) in [5, 5.41) is 10.7. The molecule has 1 aromatic rings. The Morgan fingerprint density at radius 1 is 1.54 bits per heavy atom. The van der Waals surface area contributed by atoms with Crippen LogP contribution in [-0.2, 0) is 5.88 Å². The second kappa shape index (κ2) is 3.94. The zero-order valence-corrected chi connectivity index (χ0v) is 8.39. The van der Waals surface area contributed by atoms with Crippen molar-refractivity contribution in [1.82, 2.24) is 0 Å². The average molecular weight is 220 g/mol. The molecule has 0 amide bonds. The Labute approximate surface area is 85.4 Å². The van der Waals surface area contributed by atoms with Crippen LogP contribution < -0.4 is 0 Å². The predicted molar refractivity (Wildman–Crippen MR) is 52.4 cm³/mol. The number of rotatable bonds is 2. The van der Waals surface area contributed by atoms with Crippen molar-refractivity contribution in [3.63, 3.8) is 0 Å². The molecule has 0 bridgehead atoms. The van der Waals surface area contributed by atoms with E-state index in [4.69, 9.17) is 23.2 Å². The Morgan fingerprint density at radius 2 is 2.15 bits per heavy atom. The van der Waals surface area contributed by atoms with E-state index in [9.17, 15) is 10.1 Å².